The van der Waals surface area contributed by atoms with Crippen molar-refractivity contribution in [1.82, 2.24) is 9.47 Å². The highest BCUT2D eigenvalue weighted by Crippen LogP contribution is 2.19. The molecule has 2 aromatic carbocycles. The van der Waals surface area contributed by atoms with Gasteiger partial charge in [-0.05, 0) is 35.9 Å². The molecule has 7 heteroatoms. The number of hydrogen-bond acceptors (Lipinski definition) is 4. The van der Waals surface area contributed by atoms with Gasteiger partial charge >= 0.3 is 0 Å². The SMILES string of the molecule is O=C(c1ccc(F)cc1)C(C(=O)N(CCO)Cc1ccccc1)n1ccccc1=O. The van der Waals surface area contributed by atoms with Crippen LogP contribution in [0.3, 0.4) is 0 Å². The summed E-state index contributed by atoms with van der Waals surface area (Å²) in [7, 11) is 0. The first-order valence-corrected chi connectivity index (χ1v) is 9.42. The lowest BCUT2D eigenvalue weighted by Crippen LogP contribution is -2.44. The molecule has 0 aliphatic carbocycles. The second-order valence-electron chi connectivity index (χ2n) is 6.69. The van der Waals surface area contributed by atoms with Gasteiger partial charge in [0.1, 0.15) is 5.82 Å². The number of rotatable bonds is 8. The number of ketones is 1. The number of nitrogens with zero attached hydrogens (tertiary/aromatic N) is 2. The fourth-order valence-electron chi connectivity index (χ4n) is 3.15. The number of benzene rings is 2. The van der Waals surface area contributed by atoms with Crippen LogP contribution < -0.4 is 5.56 Å². The predicted octanol–water partition coefficient (Wildman–Crippen LogP) is 2.43. The summed E-state index contributed by atoms with van der Waals surface area (Å²) in [6.07, 6.45) is 1.37. The quantitative estimate of drug-likeness (QED) is 0.459. The van der Waals surface area contributed by atoms with Gasteiger partial charge < -0.3 is 10.0 Å². The number of aliphatic hydroxyl groups is 1. The van der Waals surface area contributed by atoms with Gasteiger partial charge in [-0.2, -0.15) is 0 Å². The zero-order valence-electron chi connectivity index (χ0n) is 16.1. The average molecular weight is 408 g/mol. The van der Waals surface area contributed by atoms with E-state index in [0.717, 1.165) is 22.3 Å². The van der Waals surface area contributed by atoms with Gasteiger partial charge in [0.25, 0.3) is 11.5 Å². The third-order valence-corrected chi connectivity index (χ3v) is 4.64. The van der Waals surface area contributed by atoms with Crippen LogP contribution in [0, 0.1) is 5.82 Å². The molecule has 0 bridgehead atoms. The van der Waals surface area contributed by atoms with E-state index in [1.54, 1.807) is 6.07 Å². The molecule has 0 radical (unpaired) electrons. The summed E-state index contributed by atoms with van der Waals surface area (Å²) < 4.78 is 14.4. The molecular formula is C23H21FN2O4. The van der Waals surface area contributed by atoms with Crippen LogP contribution in [0.5, 0.6) is 0 Å². The Hall–Kier alpha value is -3.58. The van der Waals surface area contributed by atoms with Crippen LogP contribution in [0.2, 0.25) is 0 Å². The van der Waals surface area contributed by atoms with Gasteiger partial charge in [-0.15, -0.1) is 0 Å². The molecule has 1 heterocycles. The number of Topliss-reactive ketones (excluding diaryl/α,β-unsaturated/α-hetero) is 1. The highest BCUT2D eigenvalue weighted by molar-refractivity contribution is 6.11. The summed E-state index contributed by atoms with van der Waals surface area (Å²) in [5, 5.41) is 9.47. The molecule has 0 fully saturated rings. The minimum absolute atomic E-state index is 0.0114. The Morgan fingerprint density at radius 2 is 1.63 bits per heavy atom. The summed E-state index contributed by atoms with van der Waals surface area (Å²) in [5.41, 5.74) is 0.400. The first kappa shape index (κ1) is 21.1. The molecule has 3 rings (SSSR count). The Bertz CT molecular complexity index is 1060. The number of halogens is 1. The molecule has 1 amide bonds. The molecule has 1 N–H and O–H groups in total. The van der Waals surface area contributed by atoms with Crippen LogP contribution in [-0.2, 0) is 11.3 Å². The summed E-state index contributed by atoms with van der Waals surface area (Å²) in [6, 6.07) is 16.8. The van der Waals surface area contributed by atoms with Crippen LogP contribution >= 0.6 is 0 Å². The molecule has 30 heavy (non-hydrogen) atoms. The second kappa shape index (κ2) is 9.76. The molecule has 1 unspecified atom stereocenters. The summed E-state index contributed by atoms with van der Waals surface area (Å²) >= 11 is 0. The van der Waals surface area contributed by atoms with E-state index in [0.29, 0.717) is 0 Å². The number of pyridine rings is 1. The first-order valence-electron chi connectivity index (χ1n) is 9.42. The first-order chi connectivity index (χ1) is 14.5. The van der Waals surface area contributed by atoms with E-state index in [1.807, 2.05) is 30.3 Å². The maximum Gasteiger partial charge on any atom is 0.254 e. The van der Waals surface area contributed by atoms with E-state index in [1.165, 1.54) is 35.4 Å². The largest absolute Gasteiger partial charge is 0.395 e. The van der Waals surface area contributed by atoms with Gasteiger partial charge in [-0.1, -0.05) is 36.4 Å². The lowest BCUT2D eigenvalue weighted by Gasteiger charge is -2.27. The van der Waals surface area contributed by atoms with Gasteiger partial charge in [-0.25, -0.2) is 4.39 Å². The highest BCUT2D eigenvalue weighted by Gasteiger charge is 2.33. The molecule has 0 saturated carbocycles. The monoisotopic (exact) mass is 408 g/mol. The van der Waals surface area contributed by atoms with Crippen molar-refractivity contribution in [3.63, 3.8) is 0 Å². The highest BCUT2D eigenvalue weighted by atomic mass is 19.1. The number of aliphatic hydroxyl groups excluding tert-OH is 1. The maximum absolute atomic E-state index is 13.4. The van der Waals surface area contributed by atoms with Crippen molar-refractivity contribution in [3.8, 4) is 0 Å². The van der Waals surface area contributed by atoms with Crippen molar-refractivity contribution in [3.05, 3.63) is 106 Å². The number of carbonyl (C=O) groups excluding carboxylic acids is 2. The normalized spacial score (nSPS) is 11.7. The summed E-state index contributed by atoms with van der Waals surface area (Å²) in [4.78, 5) is 40.4. The van der Waals surface area contributed by atoms with Gasteiger partial charge in [0.15, 0.2) is 11.8 Å². The van der Waals surface area contributed by atoms with Crippen LogP contribution in [0.15, 0.2) is 83.8 Å². The van der Waals surface area contributed by atoms with E-state index in [2.05, 4.69) is 0 Å². The average Bonchev–Trinajstić information content (AvgIpc) is 2.76. The third-order valence-electron chi connectivity index (χ3n) is 4.64. The zero-order chi connectivity index (χ0) is 21.5. The molecule has 0 aliphatic heterocycles. The molecule has 1 atom stereocenters. The van der Waals surface area contributed by atoms with Gasteiger partial charge in [0.05, 0.1) is 6.61 Å². The predicted molar refractivity (Wildman–Crippen MR) is 109 cm³/mol. The maximum atomic E-state index is 13.4. The topological polar surface area (TPSA) is 79.6 Å². The Morgan fingerprint density at radius 1 is 0.967 bits per heavy atom. The van der Waals surface area contributed by atoms with Crippen LogP contribution in [0.1, 0.15) is 22.0 Å². The minimum Gasteiger partial charge on any atom is -0.395 e. The molecular weight excluding hydrogens is 387 g/mol. The minimum atomic E-state index is -1.47. The van der Waals surface area contributed by atoms with E-state index in [-0.39, 0.29) is 25.3 Å². The van der Waals surface area contributed by atoms with E-state index in [9.17, 15) is 23.9 Å². The Labute approximate surface area is 172 Å². The molecule has 6 nitrogen and oxygen atoms in total. The van der Waals surface area contributed by atoms with Crippen LogP contribution in [0.25, 0.3) is 0 Å². The lowest BCUT2D eigenvalue weighted by molar-refractivity contribution is -0.134. The Balaban J connectivity index is 2.02. The lowest BCUT2D eigenvalue weighted by atomic mass is 10.0. The van der Waals surface area contributed by atoms with E-state index >= 15 is 0 Å². The van der Waals surface area contributed by atoms with Crippen molar-refractivity contribution >= 4 is 11.7 Å². The Kier molecular flexibility index (Phi) is 6.87. The Morgan fingerprint density at radius 3 is 2.27 bits per heavy atom. The van der Waals surface area contributed by atoms with Crippen molar-refractivity contribution < 1.29 is 19.1 Å². The van der Waals surface area contributed by atoms with Crippen LogP contribution in [0.4, 0.5) is 4.39 Å². The summed E-state index contributed by atoms with van der Waals surface area (Å²) in [6.45, 7) is -0.156. The van der Waals surface area contributed by atoms with E-state index < -0.39 is 29.1 Å². The molecule has 0 aliphatic rings. The van der Waals surface area contributed by atoms with Crippen molar-refractivity contribution in [2.45, 2.75) is 12.6 Å². The van der Waals surface area contributed by atoms with Crippen molar-refractivity contribution in [2.24, 2.45) is 0 Å². The number of carbonyl (C=O) groups is 2. The molecule has 3 aromatic rings. The fraction of sp³-hybridized carbons (Fsp3) is 0.174. The number of aromatic nitrogens is 1. The van der Waals surface area contributed by atoms with Gasteiger partial charge in [-0.3, -0.25) is 19.0 Å². The molecule has 154 valence electrons. The molecule has 1 aromatic heterocycles. The molecule has 0 spiro atoms. The van der Waals surface area contributed by atoms with Crippen molar-refractivity contribution in [1.29, 1.82) is 0 Å². The number of amides is 1. The molecule has 0 saturated heterocycles. The third kappa shape index (κ3) is 4.87. The van der Waals surface area contributed by atoms with Gasteiger partial charge in [0.2, 0.25) is 0 Å². The smallest absolute Gasteiger partial charge is 0.254 e. The van der Waals surface area contributed by atoms with Crippen molar-refractivity contribution in [2.75, 3.05) is 13.2 Å². The van der Waals surface area contributed by atoms with E-state index in [4.69, 9.17) is 0 Å². The fourth-order valence-corrected chi connectivity index (χ4v) is 3.15. The van der Waals surface area contributed by atoms with Crippen LogP contribution in [-0.4, -0.2) is 39.4 Å². The second-order valence-corrected chi connectivity index (χ2v) is 6.69. The summed E-state index contributed by atoms with van der Waals surface area (Å²) in [5.74, 6) is -1.78. The van der Waals surface area contributed by atoms with Gasteiger partial charge in [0, 0.05) is 30.9 Å². The number of hydrogen-bond donors (Lipinski definition) is 1. The standard InChI is InChI=1S/C23H21FN2O4/c24-19-11-9-18(10-12-19)22(29)21(26-13-5-4-8-20(26)28)23(30)25(14-15-27)16-17-6-2-1-3-7-17/h1-13,21,27H,14-16H2. The zero-order valence-corrected chi connectivity index (χ0v) is 16.1.